The van der Waals surface area contributed by atoms with Crippen molar-refractivity contribution < 1.29 is 9.94 Å². The minimum absolute atomic E-state index is 0.125. The van der Waals surface area contributed by atoms with E-state index in [-0.39, 0.29) is 11.8 Å². The largest absolute Gasteiger partial charge is 0.497 e. The molecule has 0 bridgehead atoms. The molecule has 6 heteroatoms. The molecule has 4 N–H and O–H groups in total. The predicted molar refractivity (Wildman–Crippen MR) is 88.9 cm³/mol. The second-order valence-electron chi connectivity index (χ2n) is 5.27. The Balaban J connectivity index is 1.93. The predicted octanol–water partition coefficient (Wildman–Crippen LogP) is 2.64. The standard InChI is InChI=1S/C17H18N4O2/c1-23-12-8-6-11(7-9-12)10-13(16(18)21-22)17-19-14-4-2-3-5-15(14)20-17/h2-9,13,22H,10H2,1H3,(H2,18,21)(H,19,20)/t13-/m1/s1. The fourth-order valence-electron chi connectivity index (χ4n) is 2.55. The van der Waals surface area contributed by atoms with Crippen molar-refractivity contribution in [2.45, 2.75) is 12.3 Å². The molecule has 3 aromatic rings. The zero-order valence-corrected chi connectivity index (χ0v) is 12.7. The second-order valence-corrected chi connectivity index (χ2v) is 5.27. The zero-order valence-electron chi connectivity index (χ0n) is 12.7. The first-order valence-electron chi connectivity index (χ1n) is 7.26. The van der Waals surface area contributed by atoms with Gasteiger partial charge < -0.3 is 20.7 Å². The first-order chi connectivity index (χ1) is 11.2. The van der Waals surface area contributed by atoms with E-state index in [1.54, 1.807) is 7.11 Å². The molecule has 2 aromatic carbocycles. The van der Waals surface area contributed by atoms with E-state index in [0.29, 0.717) is 12.2 Å². The van der Waals surface area contributed by atoms with Gasteiger partial charge in [0.05, 0.1) is 24.1 Å². The first-order valence-corrected chi connectivity index (χ1v) is 7.26. The summed E-state index contributed by atoms with van der Waals surface area (Å²) in [5, 5.41) is 12.3. The molecular weight excluding hydrogens is 292 g/mol. The normalized spacial score (nSPS) is 13.2. The van der Waals surface area contributed by atoms with Gasteiger partial charge in [0, 0.05) is 0 Å². The maximum Gasteiger partial charge on any atom is 0.150 e. The number of nitrogens with zero attached hydrogens (tertiary/aromatic N) is 2. The summed E-state index contributed by atoms with van der Waals surface area (Å²) >= 11 is 0. The van der Waals surface area contributed by atoms with Crippen molar-refractivity contribution in [2.75, 3.05) is 7.11 Å². The number of hydrogen-bond donors (Lipinski definition) is 3. The van der Waals surface area contributed by atoms with E-state index >= 15 is 0 Å². The van der Waals surface area contributed by atoms with Crippen molar-refractivity contribution >= 4 is 16.9 Å². The summed E-state index contributed by atoms with van der Waals surface area (Å²) in [4.78, 5) is 7.81. The number of H-pyrrole nitrogens is 1. The number of fused-ring (bicyclic) bond motifs is 1. The molecule has 0 aliphatic carbocycles. The zero-order chi connectivity index (χ0) is 16.2. The molecule has 1 atom stereocenters. The van der Waals surface area contributed by atoms with Gasteiger partial charge in [-0.1, -0.05) is 29.4 Å². The van der Waals surface area contributed by atoms with Crippen molar-refractivity contribution in [3.8, 4) is 5.75 Å². The van der Waals surface area contributed by atoms with Gasteiger partial charge >= 0.3 is 0 Å². The molecule has 0 fully saturated rings. The number of nitrogens with one attached hydrogen (secondary N) is 1. The molecule has 1 heterocycles. The van der Waals surface area contributed by atoms with Crippen molar-refractivity contribution in [1.82, 2.24) is 9.97 Å². The lowest BCUT2D eigenvalue weighted by atomic mass is 9.97. The highest BCUT2D eigenvalue weighted by molar-refractivity contribution is 5.87. The monoisotopic (exact) mass is 310 g/mol. The molecular formula is C17H18N4O2. The van der Waals surface area contributed by atoms with Crippen LogP contribution in [-0.4, -0.2) is 28.1 Å². The van der Waals surface area contributed by atoms with Gasteiger partial charge in [0.1, 0.15) is 17.4 Å². The number of imidazole rings is 1. The third-order valence-electron chi connectivity index (χ3n) is 3.81. The topological polar surface area (TPSA) is 96.5 Å². The molecule has 118 valence electrons. The molecule has 0 spiro atoms. The number of nitrogens with two attached hydrogens (primary N) is 1. The molecule has 0 unspecified atom stereocenters. The minimum atomic E-state index is -0.333. The number of oxime groups is 1. The number of amidine groups is 1. The fourth-order valence-corrected chi connectivity index (χ4v) is 2.55. The number of aromatic nitrogens is 2. The van der Waals surface area contributed by atoms with Gasteiger partial charge in [-0.15, -0.1) is 0 Å². The van der Waals surface area contributed by atoms with Crippen LogP contribution in [0.3, 0.4) is 0 Å². The molecule has 0 aliphatic rings. The first kappa shape index (κ1) is 14.9. The second kappa shape index (κ2) is 6.39. The summed E-state index contributed by atoms with van der Waals surface area (Å²) < 4.78 is 5.16. The molecule has 3 rings (SSSR count). The highest BCUT2D eigenvalue weighted by Crippen LogP contribution is 2.23. The number of rotatable bonds is 5. The molecule has 23 heavy (non-hydrogen) atoms. The van der Waals surface area contributed by atoms with E-state index in [1.807, 2.05) is 48.5 Å². The van der Waals surface area contributed by atoms with Gasteiger partial charge in [0.25, 0.3) is 0 Å². The Morgan fingerprint density at radius 3 is 2.65 bits per heavy atom. The lowest BCUT2D eigenvalue weighted by Crippen LogP contribution is -2.24. The van der Waals surface area contributed by atoms with Crippen molar-refractivity contribution in [2.24, 2.45) is 10.9 Å². The van der Waals surface area contributed by atoms with Gasteiger partial charge in [-0.2, -0.15) is 0 Å². The van der Waals surface area contributed by atoms with Gasteiger partial charge in [-0.25, -0.2) is 4.98 Å². The highest BCUT2D eigenvalue weighted by Gasteiger charge is 2.21. The SMILES string of the molecule is COc1ccc(C[C@H](/C(N)=N\O)c2nc3ccccc3[nH]2)cc1. The third-order valence-corrected chi connectivity index (χ3v) is 3.81. The van der Waals surface area contributed by atoms with Crippen LogP contribution in [0.15, 0.2) is 53.7 Å². The average Bonchev–Trinajstić information content (AvgIpc) is 3.03. The molecule has 0 amide bonds. The van der Waals surface area contributed by atoms with Gasteiger partial charge in [0.2, 0.25) is 0 Å². The molecule has 0 radical (unpaired) electrons. The summed E-state index contributed by atoms with van der Waals surface area (Å²) in [5.74, 6) is 1.26. The van der Waals surface area contributed by atoms with Crippen LogP contribution in [0.1, 0.15) is 17.3 Å². The number of benzene rings is 2. The van der Waals surface area contributed by atoms with E-state index in [4.69, 9.17) is 15.7 Å². The Labute approximate surface area is 133 Å². The smallest absolute Gasteiger partial charge is 0.150 e. The Kier molecular flexibility index (Phi) is 4.14. The molecule has 0 aliphatic heterocycles. The van der Waals surface area contributed by atoms with Gasteiger partial charge in [-0.3, -0.25) is 0 Å². The summed E-state index contributed by atoms with van der Waals surface area (Å²) in [6, 6.07) is 15.4. The number of hydrogen-bond acceptors (Lipinski definition) is 4. The minimum Gasteiger partial charge on any atom is -0.497 e. The molecule has 1 aromatic heterocycles. The fraction of sp³-hybridized carbons (Fsp3) is 0.176. The molecule has 0 saturated heterocycles. The number of para-hydroxylation sites is 2. The van der Waals surface area contributed by atoms with Crippen molar-refractivity contribution in [1.29, 1.82) is 0 Å². The van der Waals surface area contributed by atoms with E-state index in [9.17, 15) is 0 Å². The maximum atomic E-state index is 9.10. The molecule has 6 nitrogen and oxygen atoms in total. The van der Waals surface area contributed by atoms with Crippen molar-refractivity contribution in [3.05, 3.63) is 59.9 Å². The van der Waals surface area contributed by atoms with Gasteiger partial charge in [0.15, 0.2) is 0 Å². The van der Waals surface area contributed by atoms with E-state index < -0.39 is 0 Å². The van der Waals surface area contributed by atoms with Crippen LogP contribution in [0.5, 0.6) is 5.75 Å². The summed E-state index contributed by atoms with van der Waals surface area (Å²) in [5.41, 5.74) is 8.71. The average molecular weight is 310 g/mol. The van der Waals surface area contributed by atoms with Crippen LogP contribution in [0.4, 0.5) is 0 Å². The van der Waals surface area contributed by atoms with E-state index in [0.717, 1.165) is 22.3 Å². The van der Waals surface area contributed by atoms with Crippen LogP contribution >= 0.6 is 0 Å². The number of aromatic amines is 1. The van der Waals surface area contributed by atoms with E-state index in [1.165, 1.54) is 0 Å². The van der Waals surface area contributed by atoms with E-state index in [2.05, 4.69) is 15.1 Å². The number of ether oxygens (including phenoxy) is 1. The Bertz CT molecular complexity index is 791. The van der Waals surface area contributed by atoms with Crippen LogP contribution in [0, 0.1) is 0 Å². The van der Waals surface area contributed by atoms with Gasteiger partial charge in [-0.05, 0) is 36.2 Å². The van der Waals surface area contributed by atoms with Crippen LogP contribution < -0.4 is 10.5 Å². The quantitative estimate of drug-likeness (QED) is 0.292. The Hall–Kier alpha value is -3.02. The third kappa shape index (κ3) is 3.11. The summed E-state index contributed by atoms with van der Waals surface area (Å²) in [6.45, 7) is 0. The molecule has 0 saturated carbocycles. The number of methoxy groups -OCH3 is 1. The van der Waals surface area contributed by atoms with Crippen LogP contribution in [-0.2, 0) is 6.42 Å². The lowest BCUT2D eigenvalue weighted by Gasteiger charge is -2.13. The summed E-state index contributed by atoms with van der Waals surface area (Å²) in [7, 11) is 1.63. The Morgan fingerprint density at radius 1 is 1.26 bits per heavy atom. The van der Waals surface area contributed by atoms with Crippen LogP contribution in [0.25, 0.3) is 11.0 Å². The van der Waals surface area contributed by atoms with Crippen molar-refractivity contribution in [3.63, 3.8) is 0 Å². The Morgan fingerprint density at radius 2 is 2.00 bits per heavy atom. The van der Waals surface area contributed by atoms with Crippen LogP contribution in [0.2, 0.25) is 0 Å². The summed E-state index contributed by atoms with van der Waals surface area (Å²) in [6.07, 6.45) is 0.569. The lowest BCUT2D eigenvalue weighted by molar-refractivity contribution is 0.315. The highest BCUT2D eigenvalue weighted by atomic mass is 16.5. The maximum absolute atomic E-state index is 9.10.